The Morgan fingerprint density at radius 3 is 1.91 bits per heavy atom. The first-order valence-corrected chi connectivity index (χ1v) is 17.9. The van der Waals surface area contributed by atoms with Gasteiger partial charge in [-0.15, -0.1) is 0 Å². The van der Waals surface area contributed by atoms with Crippen LogP contribution in [0.5, 0.6) is 0 Å². The molecule has 0 unspecified atom stereocenters. The van der Waals surface area contributed by atoms with Gasteiger partial charge in [0.05, 0.1) is 5.56 Å². The monoisotopic (exact) mass is 681 g/mol. The van der Waals surface area contributed by atoms with Crippen molar-refractivity contribution in [3.05, 3.63) is 163 Å². The van der Waals surface area contributed by atoms with Crippen LogP contribution in [0, 0.1) is 0 Å². The lowest BCUT2D eigenvalue weighted by atomic mass is 9.80. The van der Waals surface area contributed by atoms with Gasteiger partial charge in [0.2, 0.25) is 0 Å². The number of furan rings is 2. The van der Waals surface area contributed by atoms with Crippen LogP contribution in [0.4, 0.5) is 0 Å². The number of benzene rings is 7. The Balaban J connectivity index is 1.06. The fourth-order valence-corrected chi connectivity index (χ4v) is 8.42. The predicted octanol–water partition coefficient (Wildman–Crippen LogP) is 12.6. The van der Waals surface area contributed by atoms with Crippen molar-refractivity contribution in [1.29, 1.82) is 0 Å². The average molecular weight is 682 g/mol. The molecule has 5 nitrogen and oxygen atoms in total. The van der Waals surface area contributed by atoms with Gasteiger partial charge >= 0.3 is 0 Å². The molecule has 0 aliphatic heterocycles. The second-order valence-corrected chi connectivity index (χ2v) is 14.4. The highest BCUT2D eigenvalue weighted by atomic mass is 16.3. The highest BCUT2D eigenvalue weighted by Gasteiger charge is 2.38. The maximum absolute atomic E-state index is 6.42. The van der Waals surface area contributed by atoms with Gasteiger partial charge in [-0.2, -0.15) is 0 Å². The Hall–Kier alpha value is -6.85. The van der Waals surface area contributed by atoms with Gasteiger partial charge in [-0.25, -0.2) is 15.0 Å². The van der Waals surface area contributed by atoms with E-state index in [2.05, 4.69) is 98.8 Å². The Kier molecular flexibility index (Phi) is 6.23. The summed E-state index contributed by atoms with van der Waals surface area (Å²) in [6.45, 7) is 4.65. The number of aromatic nitrogens is 3. The highest BCUT2D eigenvalue weighted by molar-refractivity contribution is 6.11. The molecule has 1 aliphatic rings. The molecule has 0 saturated heterocycles. The zero-order chi connectivity index (χ0) is 35.3. The van der Waals surface area contributed by atoms with Crippen molar-refractivity contribution in [2.45, 2.75) is 19.3 Å². The standard InChI is InChI=1S/C48H31N3O2/c1-48(2)38-24-22-30(27-37(38)33-23-25-41-42(43(33)48)35-17-7-9-21-40(35)52-41)29-14-10-15-31(26-29)46-49-45(28-12-4-3-5-13-28)50-47(51-46)36-19-11-18-34-32-16-6-8-20-39(32)53-44(34)36/h3-27H,1-2H3. The second kappa shape index (κ2) is 11.1. The molecule has 0 radical (unpaired) electrons. The minimum atomic E-state index is -0.185. The fraction of sp³-hybridized carbons (Fsp3) is 0.0625. The van der Waals surface area contributed by atoms with E-state index in [1.54, 1.807) is 0 Å². The topological polar surface area (TPSA) is 65.0 Å². The molecule has 0 spiro atoms. The van der Waals surface area contributed by atoms with Crippen LogP contribution in [-0.2, 0) is 5.41 Å². The molecule has 0 N–H and O–H groups in total. The lowest BCUT2D eigenvalue weighted by Gasteiger charge is -2.22. The molecule has 0 fully saturated rings. The largest absolute Gasteiger partial charge is 0.456 e. The molecule has 7 aromatic carbocycles. The zero-order valence-corrected chi connectivity index (χ0v) is 29.1. The molecular formula is C48H31N3O2. The minimum Gasteiger partial charge on any atom is -0.456 e. The molecule has 53 heavy (non-hydrogen) atoms. The Morgan fingerprint density at radius 1 is 0.415 bits per heavy atom. The third-order valence-electron chi connectivity index (χ3n) is 10.9. The number of hydrogen-bond acceptors (Lipinski definition) is 5. The molecule has 1 aliphatic carbocycles. The van der Waals surface area contributed by atoms with Crippen molar-refractivity contribution in [2.75, 3.05) is 0 Å². The van der Waals surface area contributed by atoms with Crippen LogP contribution in [0.25, 0.3) is 100 Å². The van der Waals surface area contributed by atoms with Crippen LogP contribution in [0.3, 0.4) is 0 Å². The van der Waals surface area contributed by atoms with Crippen LogP contribution < -0.4 is 0 Å². The van der Waals surface area contributed by atoms with Gasteiger partial charge < -0.3 is 8.83 Å². The lowest BCUT2D eigenvalue weighted by Crippen LogP contribution is -2.15. The summed E-state index contributed by atoms with van der Waals surface area (Å²) >= 11 is 0. The maximum atomic E-state index is 6.42. The van der Waals surface area contributed by atoms with Crippen molar-refractivity contribution < 1.29 is 8.83 Å². The summed E-state index contributed by atoms with van der Waals surface area (Å²) in [5.74, 6) is 1.78. The van der Waals surface area contributed by atoms with E-state index in [9.17, 15) is 0 Å². The van der Waals surface area contributed by atoms with Crippen molar-refractivity contribution >= 4 is 43.9 Å². The van der Waals surface area contributed by atoms with Crippen LogP contribution in [-0.4, -0.2) is 15.0 Å². The minimum absolute atomic E-state index is 0.185. The van der Waals surface area contributed by atoms with Gasteiger partial charge in [0, 0.05) is 38.1 Å². The third kappa shape index (κ3) is 4.47. The van der Waals surface area contributed by atoms with E-state index in [0.29, 0.717) is 17.5 Å². The summed E-state index contributed by atoms with van der Waals surface area (Å²) in [6, 6.07) is 52.4. The van der Waals surface area contributed by atoms with Gasteiger partial charge in [-0.05, 0) is 69.8 Å². The fourth-order valence-electron chi connectivity index (χ4n) is 8.42. The molecule has 5 heteroatoms. The Morgan fingerprint density at radius 2 is 1.06 bits per heavy atom. The van der Waals surface area contributed by atoms with Crippen molar-refractivity contribution in [2.24, 2.45) is 0 Å². The Labute approximate surface area is 305 Å². The number of hydrogen-bond donors (Lipinski definition) is 0. The van der Waals surface area contributed by atoms with Gasteiger partial charge in [0.15, 0.2) is 17.5 Å². The first-order valence-electron chi connectivity index (χ1n) is 17.9. The van der Waals surface area contributed by atoms with Crippen molar-refractivity contribution in [3.63, 3.8) is 0 Å². The molecule has 0 atom stereocenters. The van der Waals surface area contributed by atoms with Crippen molar-refractivity contribution in [1.82, 2.24) is 15.0 Å². The SMILES string of the molecule is CC1(C)c2ccc(-c3cccc(-c4nc(-c5ccccc5)nc(-c5cccc6c5oc5ccccc56)n4)c3)cc2-c2ccc3oc4ccccc4c3c21. The molecule has 250 valence electrons. The summed E-state index contributed by atoms with van der Waals surface area (Å²) in [5, 5.41) is 4.47. The van der Waals surface area contributed by atoms with Crippen LogP contribution in [0.15, 0.2) is 160 Å². The smallest absolute Gasteiger partial charge is 0.167 e. The highest BCUT2D eigenvalue weighted by Crippen LogP contribution is 2.53. The second-order valence-electron chi connectivity index (χ2n) is 14.4. The molecule has 11 rings (SSSR count). The van der Waals surface area contributed by atoms with Gasteiger partial charge in [0.25, 0.3) is 0 Å². The quantitative estimate of drug-likeness (QED) is 0.185. The van der Waals surface area contributed by atoms with E-state index >= 15 is 0 Å². The van der Waals surface area contributed by atoms with E-state index in [-0.39, 0.29) is 5.41 Å². The number of nitrogens with zero attached hydrogens (tertiary/aromatic N) is 3. The predicted molar refractivity (Wildman–Crippen MR) is 214 cm³/mol. The van der Waals surface area contributed by atoms with E-state index in [1.807, 2.05) is 66.7 Å². The third-order valence-corrected chi connectivity index (χ3v) is 10.9. The summed E-state index contributed by atoms with van der Waals surface area (Å²) in [5.41, 5.74) is 13.3. The van der Waals surface area contributed by atoms with E-state index in [1.165, 1.54) is 27.6 Å². The first-order chi connectivity index (χ1) is 26.0. The normalized spacial score (nSPS) is 13.2. The maximum Gasteiger partial charge on any atom is 0.167 e. The summed E-state index contributed by atoms with van der Waals surface area (Å²) in [4.78, 5) is 15.2. The molecule has 3 aromatic heterocycles. The van der Waals surface area contributed by atoms with Crippen molar-refractivity contribution in [3.8, 4) is 56.4 Å². The number of para-hydroxylation sites is 3. The number of fused-ring (bicyclic) bond motifs is 10. The van der Waals surface area contributed by atoms with E-state index in [0.717, 1.165) is 66.3 Å². The van der Waals surface area contributed by atoms with Gasteiger partial charge in [-0.1, -0.05) is 129 Å². The average Bonchev–Trinajstić information content (AvgIpc) is 3.85. The lowest BCUT2D eigenvalue weighted by molar-refractivity contribution is 0.657. The summed E-state index contributed by atoms with van der Waals surface area (Å²) < 4.78 is 12.7. The summed E-state index contributed by atoms with van der Waals surface area (Å²) in [7, 11) is 0. The molecule has 0 bridgehead atoms. The van der Waals surface area contributed by atoms with Crippen LogP contribution >= 0.6 is 0 Å². The Bertz CT molecular complexity index is 3100. The molecule has 3 heterocycles. The van der Waals surface area contributed by atoms with E-state index < -0.39 is 0 Å². The van der Waals surface area contributed by atoms with Gasteiger partial charge in [-0.3, -0.25) is 0 Å². The molecule has 0 saturated carbocycles. The number of rotatable bonds is 4. The van der Waals surface area contributed by atoms with Crippen LogP contribution in [0.2, 0.25) is 0 Å². The van der Waals surface area contributed by atoms with E-state index in [4.69, 9.17) is 23.8 Å². The molecule has 10 aromatic rings. The van der Waals surface area contributed by atoms with Crippen LogP contribution in [0.1, 0.15) is 25.0 Å². The first kappa shape index (κ1) is 29.8. The van der Waals surface area contributed by atoms with Gasteiger partial charge in [0.1, 0.15) is 22.3 Å². The zero-order valence-electron chi connectivity index (χ0n) is 29.1. The molecular weight excluding hydrogens is 651 g/mol. The summed E-state index contributed by atoms with van der Waals surface area (Å²) in [6.07, 6.45) is 0. The molecule has 0 amide bonds.